The molecule has 0 aliphatic carbocycles. The van der Waals surface area contributed by atoms with Crippen LogP contribution in [0.5, 0.6) is 0 Å². The second kappa shape index (κ2) is 19.8. The summed E-state index contributed by atoms with van der Waals surface area (Å²) in [4.78, 5) is 18.1. The Hall–Kier alpha value is -0.530. The molecule has 19 heavy (non-hydrogen) atoms. The lowest BCUT2D eigenvalue weighted by molar-refractivity contribution is -0.921. The number of amides is 2. The molecule has 0 aromatic carbocycles. The first-order valence-electron chi connectivity index (χ1n) is 6.51. The van der Waals surface area contributed by atoms with E-state index in [1.165, 1.54) is 30.7 Å². The first kappa shape index (κ1) is 26.9. The zero-order chi connectivity index (χ0) is 16.5. The van der Waals surface area contributed by atoms with E-state index in [9.17, 15) is 0 Å². The fourth-order valence-corrected chi connectivity index (χ4v) is 1.34. The third-order valence-electron chi connectivity index (χ3n) is 2.68. The van der Waals surface area contributed by atoms with Gasteiger partial charge in [-0.25, -0.2) is 0 Å². The minimum atomic E-state index is -0.750. The van der Waals surface area contributed by atoms with Gasteiger partial charge in [-0.05, 0) is 27.7 Å². The number of carbonyl (C=O) groups is 2. The normalized spacial score (nSPS) is 8.58. The summed E-state index contributed by atoms with van der Waals surface area (Å²) in [6.45, 7) is 18.2. The van der Waals surface area contributed by atoms with Crippen molar-refractivity contribution < 1.29 is 14.1 Å². The summed E-state index contributed by atoms with van der Waals surface area (Å²) in [5.41, 5.74) is 8.62. The number of hydrogen-bond donors (Lipinski definition) is 3. The second-order valence-corrected chi connectivity index (χ2v) is 4.11. The lowest BCUT2D eigenvalue weighted by Crippen LogP contribution is -2.47. The van der Waals surface area contributed by atoms with E-state index in [0.29, 0.717) is 0 Å². The van der Waals surface area contributed by atoms with E-state index >= 15 is 0 Å². The Balaban J connectivity index is -0.0000000944. The highest BCUT2D eigenvalue weighted by molar-refractivity contribution is 7.96. The number of primary amides is 2. The maximum absolute atomic E-state index is 9.09. The molecule has 0 saturated heterocycles. The van der Waals surface area contributed by atoms with Gasteiger partial charge in [-0.2, -0.15) is 0 Å². The van der Waals surface area contributed by atoms with Crippen LogP contribution in [0.25, 0.3) is 0 Å². The van der Waals surface area contributed by atoms with Crippen molar-refractivity contribution in [3.8, 4) is 0 Å². The van der Waals surface area contributed by atoms with Crippen LogP contribution in [-0.2, 0) is 12.6 Å². The monoisotopic (exact) mass is 313 g/mol. The molecule has 0 rings (SSSR count). The zero-order valence-electron chi connectivity index (χ0n) is 13.1. The quantitative estimate of drug-likeness (QED) is 0.423. The second-order valence-electron chi connectivity index (χ2n) is 3.26. The first-order chi connectivity index (χ1) is 8.71. The van der Waals surface area contributed by atoms with Crippen molar-refractivity contribution in [1.82, 2.24) is 0 Å². The average Bonchev–Trinajstić information content (AvgIpc) is 2.34. The molecule has 0 aromatic heterocycles. The van der Waals surface area contributed by atoms with Crippen molar-refractivity contribution in [3.05, 3.63) is 0 Å². The Kier molecular flexibility index (Phi) is 28.1. The van der Waals surface area contributed by atoms with Gasteiger partial charge < -0.3 is 33.4 Å². The summed E-state index contributed by atoms with van der Waals surface area (Å²) >= 11 is 6.86. The van der Waals surface area contributed by atoms with E-state index < -0.39 is 10.5 Å². The van der Waals surface area contributed by atoms with Crippen LogP contribution in [0.2, 0.25) is 0 Å². The smallest absolute Gasteiger partial charge is 0.273 e. The number of carbonyl (C=O) groups excluding carboxylic acids is 2. The minimum Gasteiger partial charge on any atom is -0.719 e. The van der Waals surface area contributed by atoms with Crippen LogP contribution in [0.3, 0.4) is 0 Å². The SMILES string of the molecule is CC.CC[N+](CC)(CC)CC.NC(=O)S.NC(=O)[S-]. The molecule has 0 spiro atoms. The maximum Gasteiger partial charge on any atom is 0.273 e. The fourth-order valence-electron chi connectivity index (χ4n) is 1.34. The fraction of sp³-hybridized carbons (Fsp3) is 0.833. The minimum absolute atomic E-state index is 0.639. The molecule has 0 bridgehead atoms. The van der Waals surface area contributed by atoms with Gasteiger partial charge in [0, 0.05) is 0 Å². The number of nitrogens with zero attached hydrogens (tertiary/aromatic N) is 1. The Morgan fingerprint density at radius 3 is 1.05 bits per heavy atom. The average molecular weight is 314 g/mol. The maximum atomic E-state index is 9.09. The molecule has 0 saturated carbocycles. The van der Waals surface area contributed by atoms with Crippen LogP contribution in [0.4, 0.5) is 9.59 Å². The molecule has 5 nitrogen and oxygen atoms in total. The van der Waals surface area contributed by atoms with Crippen LogP contribution in [0.15, 0.2) is 0 Å². The Morgan fingerprint density at radius 1 is 0.947 bits per heavy atom. The van der Waals surface area contributed by atoms with E-state index in [-0.39, 0.29) is 0 Å². The molecule has 118 valence electrons. The summed E-state index contributed by atoms with van der Waals surface area (Å²) in [6.07, 6.45) is 0. The van der Waals surface area contributed by atoms with Gasteiger partial charge in [-0.1, -0.05) is 26.5 Å². The van der Waals surface area contributed by atoms with Crippen LogP contribution in [-0.4, -0.2) is 41.1 Å². The topological polar surface area (TPSA) is 86.2 Å². The number of nitrogens with two attached hydrogens (primary N) is 2. The molecular weight excluding hydrogens is 282 g/mol. The van der Waals surface area contributed by atoms with Gasteiger partial charge in [0.1, 0.15) is 0 Å². The number of quaternary nitrogens is 1. The molecule has 0 aliphatic heterocycles. The van der Waals surface area contributed by atoms with Gasteiger partial charge in [0.15, 0.2) is 0 Å². The van der Waals surface area contributed by atoms with Gasteiger partial charge in [0.25, 0.3) is 5.24 Å². The van der Waals surface area contributed by atoms with Crippen LogP contribution in [0.1, 0.15) is 41.5 Å². The standard InChI is InChI=1S/C8H20N.C2H6.2CH3NOS/c1-5-9(6-2,7-3)8-4;1-2;2*2-1(3)4/h5-8H2,1-4H3;1-2H3;2*(H3,2,3,4)/q+1;;;/p-1. The largest absolute Gasteiger partial charge is 0.719 e. The summed E-state index contributed by atoms with van der Waals surface area (Å²) in [6, 6.07) is 0. The molecule has 0 unspecified atom stereocenters. The summed E-state index contributed by atoms with van der Waals surface area (Å²) in [5.74, 6) is 0. The summed E-state index contributed by atoms with van der Waals surface area (Å²) in [5, 5.41) is -1.39. The van der Waals surface area contributed by atoms with Crippen molar-refractivity contribution in [2.45, 2.75) is 41.5 Å². The predicted molar refractivity (Wildman–Crippen MR) is 89.3 cm³/mol. The van der Waals surface area contributed by atoms with Crippen molar-refractivity contribution in [2.75, 3.05) is 26.2 Å². The third kappa shape index (κ3) is 31.8. The van der Waals surface area contributed by atoms with Gasteiger partial charge in [-0.3, -0.25) is 4.79 Å². The molecule has 0 fully saturated rings. The van der Waals surface area contributed by atoms with Crippen LogP contribution >= 0.6 is 12.6 Å². The van der Waals surface area contributed by atoms with E-state index in [1.54, 1.807) is 0 Å². The zero-order valence-corrected chi connectivity index (χ0v) is 14.8. The van der Waals surface area contributed by atoms with E-state index in [4.69, 9.17) is 9.59 Å². The molecule has 7 heteroatoms. The van der Waals surface area contributed by atoms with E-state index in [1.807, 2.05) is 13.8 Å². The van der Waals surface area contributed by atoms with Gasteiger partial charge in [0.05, 0.1) is 31.4 Å². The van der Waals surface area contributed by atoms with E-state index in [0.717, 1.165) is 0 Å². The lowest BCUT2D eigenvalue weighted by atomic mass is 10.3. The van der Waals surface area contributed by atoms with Crippen molar-refractivity contribution in [2.24, 2.45) is 11.5 Å². The molecule has 0 atom stereocenters. The summed E-state index contributed by atoms with van der Waals surface area (Å²) in [7, 11) is 0. The molecule has 4 N–H and O–H groups in total. The van der Waals surface area contributed by atoms with Crippen molar-refractivity contribution in [3.63, 3.8) is 0 Å². The first-order valence-corrected chi connectivity index (χ1v) is 7.36. The molecular formula is C12H31N3O2S2. The highest BCUT2D eigenvalue weighted by Gasteiger charge is 2.16. The highest BCUT2D eigenvalue weighted by Crippen LogP contribution is 2.03. The predicted octanol–water partition coefficient (Wildman–Crippen LogP) is 2.52. The Labute approximate surface area is 129 Å². The van der Waals surface area contributed by atoms with Gasteiger partial charge in [-0.15, -0.1) is 0 Å². The van der Waals surface area contributed by atoms with Crippen LogP contribution < -0.4 is 11.5 Å². The number of rotatable bonds is 4. The third-order valence-corrected chi connectivity index (χ3v) is 2.68. The Morgan fingerprint density at radius 2 is 1.05 bits per heavy atom. The van der Waals surface area contributed by atoms with E-state index in [2.05, 4.69) is 64.4 Å². The molecule has 0 aromatic rings. The molecule has 0 radical (unpaired) electrons. The number of thiol groups is 1. The van der Waals surface area contributed by atoms with Crippen LogP contribution in [0, 0.1) is 0 Å². The highest BCUT2D eigenvalue weighted by atomic mass is 32.1. The number of hydrogen-bond acceptors (Lipinski definition) is 3. The molecule has 0 aliphatic rings. The lowest BCUT2D eigenvalue weighted by Gasteiger charge is -2.34. The van der Waals surface area contributed by atoms with Crippen molar-refractivity contribution >= 4 is 35.7 Å². The summed E-state index contributed by atoms with van der Waals surface area (Å²) < 4.78 is 1.28. The van der Waals surface area contributed by atoms with Crippen molar-refractivity contribution in [1.29, 1.82) is 0 Å². The van der Waals surface area contributed by atoms with Gasteiger partial charge >= 0.3 is 0 Å². The molecule has 0 heterocycles. The van der Waals surface area contributed by atoms with Gasteiger partial charge in [0.2, 0.25) is 0 Å². The Bertz CT molecular complexity index is 174. The molecule has 2 amide bonds.